The average Bonchev–Trinajstić information content (AvgIpc) is 2.83. The number of aryl methyl sites for hydroxylation is 1. The highest BCUT2D eigenvalue weighted by Gasteiger charge is 2.42. The molecular weight excluding hydrogens is 606 g/mol. The summed E-state index contributed by atoms with van der Waals surface area (Å²) in [6, 6.07) is 3.90. The van der Waals surface area contributed by atoms with Crippen molar-refractivity contribution in [3.05, 3.63) is 52.1 Å². The highest BCUT2D eigenvalue weighted by Crippen LogP contribution is 2.50. The number of benzene rings is 3. The van der Waals surface area contributed by atoms with Gasteiger partial charge in [0, 0.05) is 29.3 Å². The number of carbonyl (C=O) groups is 2. The molecule has 0 amide bonds. The Balaban J connectivity index is 2.38. The molecule has 18 heteroatoms. The number of anilines is 3. The molecule has 218 valence electrons. The lowest BCUT2D eigenvalue weighted by Crippen LogP contribution is -2.28. The molecule has 15 nitrogen and oxygen atoms in total. The number of rotatable bonds is 6. The van der Waals surface area contributed by atoms with Gasteiger partial charge in [0.1, 0.15) is 20.4 Å². The van der Waals surface area contributed by atoms with Crippen LogP contribution < -0.4 is 21.5 Å². The van der Waals surface area contributed by atoms with E-state index in [4.69, 9.17) is 16.2 Å². The molecule has 0 unspecified atom stereocenters. The lowest BCUT2D eigenvalue weighted by molar-refractivity contribution is 0.0977. The van der Waals surface area contributed by atoms with Gasteiger partial charge in [0.05, 0.1) is 35.3 Å². The predicted octanol–water partition coefficient (Wildman–Crippen LogP) is 1.39. The Hall–Kier alpha value is -4.07. The fraction of sp³-hybridized carbons (Fsp3) is 0.130. The molecule has 8 N–H and O–H groups in total. The van der Waals surface area contributed by atoms with Crippen molar-refractivity contribution < 1.29 is 53.2 Å². The summed E-state index contributed by atoms with van der Waals surface area (Å²) in [6.45, 7) is 1.42. The Morgan fingerprint density at radius 2 is 1.32 bits per heavy atom. The van der Waals surface area contributed by atoms with E-state index in [-0.39, 0.29) is 17.0 Å². The van der Waals surface area contributed by atoms with E-state index in [0.29, 0.717) is 0 Å². The number of ether oxygens (including phenoxy) is 1. The second-order valence-corrected chi connectivity index (χ2v) is 12.9. The molecule has 3 aromatic rings. The predicted molar refractivity (Wildman–Crippen MR) is 144 cm³/mol. The smallest absolute Gasteiger partial charge is 0.298 e. The van der Waals surface area contributed by atoms with Gasteiger partial charge in [-0.15, -0.1) is 0 Å². The highest BCUT2D eigenvalue weighted by atomic mass is 32.2. The molecular formula is C23H21N3O12S3. The second kappa shape index (κ2) is 9.50. The summed E-state index contributed by atoms with van der Waals surface area (Å²) in [4.78, 5) is 24.5. The Kier molecular flexibility index (Phi) is 6.93. The minimum absolute atomic E-state index is 0.0943. The van der Waals surface area contributed by atoms with Gasteiger partial charge in [-0.1, -0.05) is 12.1 Å². The largest absolute Gasteiger partial charge is 0.494 e. The Labute approximate surface area is 233 Å². The van der Waals surface area contributed by atoms with Crippen LogP contribution in [0.5, 0.6) is 5.75 Å². The van der Waals surface area contributed by atoms with Crippen LogP contribution in [0.25, 0.3) is 11.1 Å². The molecule has 0 aliphatic heterocycles. The Bertz CT molecular complexity index is 2050. The fourth-order valence-corrected chi connectivity index (χ4v) is 7.31. The van der Waals surface area contributed by atoms with Crippen LogP contribution in [0.15, 0.2) is 39.0 Å². The van der Waals surface area contributed by atoms with E-state index < -0.39 is 101 Å². The molecule has 3 aromatic carbocycles. The second-order valence-electron chi connectivity index (χ2n) is 8.77. The monoisotopic (exact) mass is 627 g/mol. The van der Waals surface area contributed by atoms with Crippen LogP contribution in [-0.2, 0) is 30.4 Å². The minimum Gasteiger partial charge on any atom is -0.494 e. The minimum atomic E-state index is -5.37. The first kappa shape index (κ1) is 29.9. The average molecular weight is 628 g/mol. The highest BCUT2D eigenvalue weighted by molar-refractivity contribution is 7.86. The Morgan fingerprint density at radius 1 is 0.756 bits per heavy atom. The standard InChI is InChI=1S/C23H21N3O12S3/c1-8-7-10(22(40(32,33)34)18(26-2)21(8)38-3)13-14-15(17(25)23(16(13)24)41(35,36)37)19(27)9-5-4-6-11(39(29,30)31)12(9)20(14)28/h4-7,26H,24-25H2,1-3H3,(H,29,30,31)(H,32,33,34)(H,35,36,37). The number of methoxy groups -OCH3 is 1. The van der Waals surface area contributed by atoms with Crippen molar-refractivity contribution in [2.75, 3.05) is 30.9 Å². The van der Waals surface area contributed by atoms with Crippen LogP contribution >= 0.6 is 0 Å². The first-order valence-corrected chi connectivity index (χ1v) is 15.4. The molecule has 0 saturated heterocycles. The quantitative estimate of drug-likeness (QED) is 0.130. The molecule has 1 aliphatic rings. The van der Waals surface area contributed by atoms with Crippen LogP contribution in [0, 0.1) is 6.92 Å². The van der Waals surface area contributed by atoms with Crippen molar-refractivity contribution in [3.8, 4) is 16.9 Å². The topological polar surface area (TPSA) is 271 Å². The first-order chi connectivity index (χ1) is 18.8. The normalized spacial score (nSPS) is 13.5. The van der Waals surface area contributed by atoms with E-state index in [2.05, 4.69) is 5.32 Å². The van der Waals surface area contributed by atoms with Crippen molar-refractivity contribution in [1.29, 1.82) is 0 Å². The summed E-state index contributed by atoms with van der Waals surface area (Å²) in [5.41, 5.74) is 5.32. The van der Waals surface area contributed by atoms with E-state index in [1.807, 2.05) is 0 Å². The van der Waals surface area contributed by atoms with Crippen molar-refractivity contribution in [2.24, 2.45) is 0 Å². The van der Waals surface area contributed by atoms with E-state index in [1.54, 1.807) is 0 Å². The molecule has 1 aliphatic carbocycles. The van der Waals surface area contributed by atoms with Crippen molar-refractivity contribution >= 4 is 59.0 Å². The lowest BCUT2D eigenvalue weighted by atomic mass is 9.78. The van der Waals surface area contributed by atoms with Gasteiger partial charge in [-0.3, -0.25) is 23.2 Å². The van der Waals surface area contributed by atoms with Crippen molar-refractivity contribution in [1.82, 2.24) is 0 Å². The summed E-state index contributed by atoms with van der Waals surface area (Å²) < 4.78 is 110. The number of ketones is 2. The van der Waals surface area contributed by atoms with E-state index in [1.165, 1.54) is 21.1 Å². The van der Waals surface area contributed by atoms with Crippen LogP contribution in [-0.4, -0.2) is 64.6 Å². The van der Waals surface area contributed by atoms with E-state index in [9.17, 15) is 48.5 Å². The molecule has 0 bridgehead atoms. The number of hydrogen-bond acceptors (Lipinski definition) is 12. The molecule has 0 radical (unpaired) electrons. The van der Waals surface area contributed by atoms with Crippen LogP contribution in [0.2, 0.25) is 0 Å². The van der Waals surface area contributed by atoms with Gasteiger partial charge in [0.15, 0.2) is 11.6 Å². The lowest BCUT2D eigenvalue weighted by Gasteiger charge is -2.27. The van der Waals surface area contributed by atoms with Gasteiger partial charge in [-0.05, 0) is 24.6 Å². The summed E-state index contributed by atoms with van der Waals surface area (Å²) in [5, 5.41) is 2.53. The Morgan fingerprint density at radius 3 is 1.80 bits per heavy atom. The molecule has 0 saturated carbocycles. The maximum atomic E-state index is 14.0. The summed E-state index contributed by atoms with van der Waals surface area (Å²) in [7, 11) is -13.3. The van der Waals surface area contributed by atoms with E-state index >= 15 is 0 Å². The molecule has 0 fully saturated rings. The molecule has 0 spiro atoms. The van der Waals surface area contributed by atoms with E-state index in [0.717, 1.165) is 24.3 Å². The van der Waals surface area contributed by atoms with Crippen LogP contribution in [0.4, 0.5) is 17.1 Å². The zero-order valence-corrected chi connectivity index (χ0v) is 23.7. The van der Waals surface area contributed by atoms with Gasteiger partial charge in [-0.2, -0.15) is 25.3 Å². The number of carbonyl (C=O) groups excluding carboxylic acids is 2. The SMILES string of the molecule is CNc1c(OC)c(C)cc(-c2c(N)c(S(=O)(=O)O)c(N)c3c2C(=O)c2c(cccc2S(=O)(=O)O)C3=O)c1S(=O)(=O)O. The molecule has 0 aromatic heterocycles. The van der Waals surface area contributed by atoms with Gasteiger partial charge < -0.3 is 21.5 Å². The van der Waals surface area contributed by atoms with Gasteiger partial charge >= 0.3 is 0 Å². The number of nitrogen functional groups attached to an aromatic ring is 2. The van der Waals surface area contributed by atoms with Crippen LogP contribution in [0.3, 0.4) is 0 Å². The van der Waals surface area contributed by atoms with Gasteiger partial charge in [0.25, 0.3) is 30.4 Å². The molecule has 41 heavy (non-hydrogen) atoms. The van der Waals surface area contributed by atoms with Crippen LogP contribution in [0.1, 0.15) is 37.4 Å². The summed E-state index contributed by atoms with van der Waals surface area (Å²) >= 11 is 0. The number of fused-ring (bicyclic) bond motifs is 2. The maximum Gasteiger partial charge on any atom is 0.298 e. The zero-order chi connectivity index (χ0) is 31.0. The van der Waals surface area contributed by atoms with Crippen molar-refractivity contribution in [3.63, 3.8) is 0 Å². The summed E-state index contributed by atoms with van der Waals surface area (Å²) in [6.07, 6.45) is 0. The maximum absolute atomic E-state index is 14.0. The molecule has 0 atom stereocenters. The number of nitrogens with one attached hydrogen (secondary N) is 1. The zero-order valence-electron chi connectivity index (χ0n) is 21.2. The third-order valence-electron chi connectivity index (χ3n) is 6.41. The first-order valence-electron chi connectivity index (χ1n) is 11.1. The van der Waals surface area contributed by atoms with Gasteiger partial charge in [-0.25, -0.2) is 0 Å². The fourth-order valence-electron chi connectivity index (χ4n) is 4.94. The molecule has 4 rings (SSSR count). The summed E-state index contributed by atoms with van der Waals surface area (Å²) in [5.74, 6) is -2.63. The third kappa shape index (κ3) is 4.49. The number of hydrogen-bond donors (Lipinski definition) is 6. The van der Waals surface area contributed by atoms with Crippen molar-refractivity contribution in [2.45, 2.75) is 21.6 Å². The van der Waals surface area contributed by atoms with Gasteiger partial charge in [0.2, 0.25) is 0 Å². The number of nitrogens with two attached hydrogens (primary N) is 2. The third-order valence-corrected chi connectivity index (χ3v) is 9.21. The molecule has 0 heterocycles.